The first-order valence-corrected chi connectivity index (χ1v) is 8.05. The number of nitrogens with one attached hydrogen (secondary N) is 2. The number of amides is 2. The quantitative estimate of drug-likeness (QED) is 0.611. The van der Waals surface area contributed by atoms with E-state index in [1.165, 1.54) is 6.20 Å². The second kappa shape index (κ2) is 8.10. The monoisotopic (exact) mass is 337 g/mol. The van der Waals surface area contributed by atoms with Crippen LogP contribution in [0.3, 0.4) is 0 Å². The second-order valence-electron chi connectivity index (χ2n) is 6.86. The lowest BCUT2D eigenvalue weighted by atomic mass is 9.67. The van der Waals surface area contributed by atoms with Crippen LogP contribution in [0.2, 0.25) is 0 Å². The fourth-order valence-electron chi connectivity index (χ4n) is 2.74. The molecule has 0 aromatic carbocycles. The fourth-order valence-corrected chi connectivity index (χ4v) is 2.74. The molecule has 1 unspecified atom stereocenters. The molecule has 0 aliphatic heterocycles. The summed E-state index contributed by atoms with van der Waals surface area (Å²) in [5, 5.41) is 25.0. The van der Waals surface area contributed by atoms with E-state index in [2.05, 4.69) is 15.6 Å². The molecule has 0 aliphatic carbocycles. The number of nitrogens with zero attached hydrogens (tertiary/aromatic N) is 1. The van der Waals surface area contributed by atoms with Gasteiger partial charge in [-0.3, -0.25) is 4.79 Å². The molecule has 0 spiro atoms. The van der Waals surface area contributed by atoms with Gasteiger partial charge >= 0.3 is 6.09 Å². The van der Waals surface area contributed by atoms with E-state index in [9.17, 15) is 19.8 Å². The standard InChI is InChI=1S/C17H27N3O4/c1-5-6-10-17(16(2,3)4,20-15(23)24)13(21)14(22)19-12-9-7-8-11-18-12/h7-9,11,13,20-21H,5-6,10H2,1-4H3,(H,23,24)(H,18,19,22)/t13-,17?/m1/s1. The summed E-state index contributed by atoms with van der Waals surface area (Å²) in [6, 6.07) is 5.01. The summed E-state index contributed by atoms with van der Waals surface area (Å²) in [7, 11) is 0. The third kappa shape index (κ3) is 4.67. The van der Waals surface area contributed by atoms with Gasteiger partial charge in [0.15, 0.2) is 6.10 Å². The van der Waals surface area contributed by atoms with Gasteiger partial charge in [0.25, 0.3) is 5.91 Å². The van der Waals surface area contributed by atoms with E-state index in [1.807, 2.05) is 6.92 Å². The van der Waals surface area contributed by atoms with Gasteiger partial charge < -0.3 is 20.8 Å². The molecule has 2 amide bonds. The first-order valence-electron chi connectivity index (χ1n) is 8.05. The molecular weight excluding hydrogens is 310 g/mol. The second-order valence-corrected chi connectivity index (χ2v) is 6.86. The van der Waals surface area contributed by atoms with Crippen molar-refractivity contribution in [2.24, 2.45) is 5.41 Å². The Bertz CT molecular complexity index is 557. The van der Waals surface area contributed by atoms with Crippen LogP contribution in [-0.4, -0.2) is 38.8 Å². The Hall–Kier alpha value is -2.15. The minimum Gasteiger partial charge on any atom is -0.465 e. The first-order chi connectivity index (χ1) is 11.1. The lowest BCUT2D eigenvalue weighted by Gasteiger charge is -2.47. The average molecular weight is 337 g/mol. The molecule has 0 fully saturated rings. The Morgan fingerprint density at radius 2 is 1.96 bits per heavy atom. The molecule has 7 heteroatoms. The molecule has 0 saturated carbocycles. The normalized spacial score (nSPS) is 15.2. The number of carboxylic acid groups (broad SMARTS) is 1. The third-order valence-corrected chi connectivity index (χ3v) is 4.22. The smallest absolute Gasteiger partial charge is 0.405 e. The molecule has 134 valence electrons. The van der Waals surface area contributed by atoms with Gasteiger partial charge in [0.2, 0.25) is 0 Å². The third-order valence-electron chi connectivity index (χ3n) is 4.22. The number of aliphatic hydroxyl groups is 1. The molecule has 1 rings (SSSR count). The lowest BCUT2D eigenvalue weighted by Crippen LogP contribution is -2.66. The molecule has 0 bridgehead atoms. The van der Waals surface area contributed by atoms with Gasteiger partial charge in [0, 0.05) is 6.20 Å². The van der Waals surface area contributed by atoms with Crippen molar-refractivity contribution in [1.29, 1.82) is 0 Å². The molecule has 0 saturated heterocycles. The predicted octanol–water partition coefficient (Wildman–Crippen LogP) is 2.62. The van der Waals surface area contributed by atoms with Gasteiger partial charge in [-0.1, -0.05) is 46.6 Å². The molecule has 24 heavy (non-hydrogen) atoms. The Morgan fingerprint density at radius 3 is 2.42 bits per heavy atom. The minimum atomic E-state index is -1.55. The van der Waals surface area contributed by atoms with Crippen LogP contribution in [0.5, 0.6) is 0 Å². The van der Waals surface area contributed by atoms with Crippen LogP contribution in [0.1, 0.15) is 47.0 Å². The van der Waals surface area contributed by atoms with Crippen molar-refractivity contribution < 1.29 is 19.8 Å². The largest absolute Gasteiger partial charge is 0.465 e. The van der Waals surface area contributed by atoms with Crippen molar-refractivity contribution in [2.45, 2.75) is 58.6 Å². The summed E-state index contributed by atoms with van der Waals surface area (Å²) in [6.45, 7) is 7.37. The molecule has 0 radical (unpaired) electrons. The number of anilines is 1. The highest BCUT2D eigenvalue weighted by Crippen LogP contribution is 2.38. The number of hydrogen-bond acceptors (Lipinski definition) is 4. The van der Waals surface area contributed by atoms with Crippen LogP contribution in [0.4, 0.5) is 10.6 Å². The van der Waals surface area contributed by atoms with Crippen LogP contribution in [0, 0.1) is 5.41 Å². The van der Waals surface area contributed by atoms with E-state index in [1.54, 1.807) is 39.0 Å². The molecular formula is C17H27N3O4. The summed E-state index contributed by atoms with van der Waals surface area (Å²) < 4.78 is 0. The molecule has 7 nitrogen and oxygen atoms in total. The van der Waals surface area contributed by atoms with Crippen molar-refractivity contribution in [2.75, 3.05) is 5.32 Å². The molecule has 4 N–H and O–H groups in total. The molecule has 0 aliphatic rings. The number of aromatic nitrogens is 1. The maximum Gasteiger partial charge on any atom is 0.405 e. The van der Waals surface area contributed by atoms with Gasteiger partial charge in [0.05, 0.1) is 5.54 Å². The van der Waals surface area contributed by atoms with Crippen molar-refractivity contribution >= 4 is 17.8 Å². The summed E-state index contributed by atoms with van der Waals surface area (Å²) in [4.78, 5) is 27.8. The Balaban J connectivity index is 3.14. The summed E-state index contributed by atoms with van der Waals surface area (Å²) in [5.41, 5.74) is -1.99. The van der Waals surface area contributed by atoms with Gasteiger partial charge in [-0.25, -0.2) is 9.78 Å². The van der Waals surface area contributed by atoms with Gasteiger partial charge in [-0.2, -0.15) is 0 Å². The number of carbonyl (C=O) groups excluding carboxylic acids is 1. The zero-order valence-corrected chi connectivity index (χ0v) is 14.7. The number of carbonyl (C=O) groups is 2. The summed E-state index contributed by atoms with van der Waals surface area (Å²) >= 11 is 0. The van der Waals surface area contributed by atoms with Crippen LogP contribution in [0.15, 0.2) is 24.4 Å². The van der Waals surface area contributed by atoms with E-state index in [0.29, 0.717) is 18.7 Å². The number of aliphatic hydroxyl groups excluding tert-OH is 1. The number of hydrogen-bond donors (Lipinski definition) is 4. The van der Waals surface area contributed by atoms with Gasteiger partial charge in [-0.05, 0) is 24.0 Å². The zero-order chi connectivity index (χ0) is 18.4. The number of unbranched alkanes of at least 4 members (excludes halogenated alkanes) is 1. The van der Waals surface area contributed by atoms with Crippen LogP contribution in [0.25, 0.3) is 0 Å². The maximum absolute atomic E-state index is 12.5. The van der Waals surface area contributed by atoms with Gasteiger partial charge in [0.1, 0.15) is 5.82 Å². The fraction of sp³-hybridized carbons (Fsp3) is 0.588. The van der Waals surface area contributed by atoms with E-state index in [0.717, 1.165) is 6.42 Å². The maximum atomic E-state index is 12.5. The van der Waals surface area contributed by atoms with Crippen molar-refractivity contribution in [3.63, 3.8) is 0 Å². The first kappa shape index (κ1) is 19.9. The van der Waals surface area contributed by atoms with Gasteiger partial charge in [-0.15, -0.1) is 0 Å². The van der Waals surface area contributed by atoms with Crippen molar-refractivity contribution in [3.8, 4) is 0 Å². The molecule has 1 heterocycles. The van der Waals surface area contributed by atoms with E-state index < -0.39 is 29.1 Å². The van der Waals surface area contributed by atoms with E-state index in [-0.39, 0.29) is 0 Å². The SMILES string of the molecule is CCCCC(NC(=O)O)([C@H](O)C(=O)Nc1ccccn1)C(C)(C)C. The Kier molecular flexibility index (Phi) is 6.71. The van der Waals surface area contributed by atoms with Crippen molar-refractivity contribution in [1.82, 2.24) is 10.3 Å². The number of rotatable bonds is 7. The minimum absolute atomic E-state index is 0.301. The Labute approximate surface area is 142 Å². The van der Waals surface area contributed by atoms with E-state index >= 15 is 0 Å². The topological polar surface area (TPSA) is 112 Å². The van der Waals surface area contributed by atoms with Crippen LogP contribution >= 0.6 is 0 Å². The number of pyridine rings is 1. The summed E-state index contributed by atoms with van der Waals surface area (Å²) in [5.74, 6) is -0.386. The predicted molar refractivity (Wildman–Crippen MR) is 91.7 cm³/mol. The molecule has 1 aromatic rings. The zero-order valence-electron chi connectivity index (χ0n) is 14.7. The van der Waals surface area contributed by atoms with Crippen molar-refractivity contribution in [3.05, 3.63) is 24.4 Å². The Morgan fingerprint density at radius 1 is 1.29 bits per heavy atom. The molecule has 2 atom stereocenters. The highest BCUT2D eigenvalue weighted by atomic mass is 16.4. The lowest BCUT2D eigenvalue weighted by molar-refractivity contribution is -0.132. The van der Waals surface area contributed by atoms with Crippen LogP contribution in [-0.2, 0) is 4.79 Å². The highest BCUT2D eigenvalue weighted by Gasteiger charge is 2.51. The summed E-state index contributed by atoms with van der Waals surface area (Å²) in [6.07, 6.45) is 0.522. The van der Waals surface area contributed by atoms with E-state index in [4.69, 9.17) is 0 Å². The molecule has 1 aromatic heterocycles. The average Bonchev–Trinajstić information content (AvgIpc) is 2.50. The highest BCUT2D eigenvalue weighted by molar-refractivity contribution is 5.94. The van der Waals surface area contributed by atoms with Crippen LogP contribution < -0.4 is 10.6 Å².